The van der Waals surface area contributed by atoms with Crippen LogP contribution in [-0.4, -0.2) is 20.9 Å². The lowest BCUT2D eigenvalue weighted by atomic mass is 11.1. The van der Waals surface area contributed by atoms with Crippen molar-refractivity contribution >= 4 is 8.07 Å². The van der Waals surface area contributed by atoms with Gasteiger partial charge in [-0.1, -0.05) is 34.5 Å². The maximum Gasteiger partial charge on any atom is 0.0596 e. The van der Waals surface area contributed by atoms with E-state index in [1.54, 1.807) is 0 Å². The van der Waals surface area contributed by atoms with E-state index < -0.39 is 8.07 Å². The molecule has 0 saturated carbocycles. The van der Waals surface area contributed by atoms with E-state index in [0.717, 1.165) is 6.17 Å². The average molecular weight is 164 g/mol. The minimum absolute atomic E-state index is 0. The van der Waals surface area contributed by atoms with Gasteiger partial charge >= 0.3 is 0 Å². The van der Waals surface area contributed by atoms with Crippen molar-refractivity contribution in [3.8, 4) is 0 Å². The van der Waals surface area contributed by atoms with E-state index in [1.807, 2.05) is 0 Å². The van der Waals surface area contributed by atoms with Gasteiger partial charge in [-0.2, -0.15) is 0 Å². The van der Waals surface area contributed by atoms with E-state index in [1.165, 1.54) is 0 Å². The Balaban J connectivity index is -0.000000245. The molecule has 0 unspecified atom stereocenters. The minimum atomic E-state index is -0.869. The predicted octanol–water partition coefficient (Wildman–Crippen LogP) is 1.64. The molecule has 3 heteroatoms. The highest BCUT2D eigenvalue weighted by atomic mass is 28.3. The Hall–Kier alpha value is 0.137. The molecular formula is C7H24N2Si. The molecular weight excluding hydrogens is 140 g/mol. The lowest BCUT2D eigenvalue weighted by Gasteiger charge is -2.14. The maximum absolute atomic E-state index is 5.25. The Morgan fingerprint density at radius 3 is 1.70 bits per heavy atom. The van der Waals surface area contributed by atoms with Crippen molar-refractivity contribution in [2.24, 2.45) is 5.73 Å². The molecule has 0 aromatic rings. The summed E-state index contributed by atoms with van der Waals surface area (Å²) >= 11 is 0. The summed E-state index contributed by atoms with van der Waals surface area (Å²) < 4.78 is 0. The summed E-state index contributed by atoms with van der Waals surface area (Å²) in [6.45, 7) is 7.56. The van der Waals surface area contributed by atoms with E-state index in [9.17, 15) is 0 Å². The number of hydrogen-bond acceptors (Lipinski definition) is 2. The lowest BCUT2D eigenvalue weighted by molar-refractivity contribution is 0.793. The number of rotatable bonds is 3. The van der Waals surface area contributed by atoms with Crippen LogP contribution < -0.4 is 11.1 Å². The normalized spacial score (nSPS) is 9.60. The molecule has 3 N–H and O–H groups in total. The molecule has 0 aliphatic heterocycles. The van der Waals surface area contributed by atoms with Crippen LogP contribution in [0.5, 0.6) is 0 Å². The smallest absolute Gasteiger partial charge is 0.0596 e. The van der Waals surface area contributed by atoms with Crippen LogP contribution in [0.15, 0.2) is 0 Å². The summed E-state index contributed by atoms with van der Waals surface area (Å²) in [4.78, 5) is 0. The third-order valence-corrected chi connectivity index (χ3v) is 2.11. The second-order valence-electron chi connectivity index (χ2n) is 3.19. The number of hydrogen-bond donors (Lipinski definition) is 2. The third kappa shape index (κ3) is 15.7. The predicted molar refractivity (Wildman–Crippen MR) is 53.9 cm³/mol. The summed E-state index contributed by atoms with van der Waals surface area (Å²) in [5.74, 6) is 0. The zero-order chi connectivity index (χ0) is 6.62. The molecule has 0 atom stereocenters. The van der Waals surface area contributed by atoms with Gasteiger partial charge in [0, 0.05) is 6.67 Å². The van der Waals surface area contributed by atoms with Crippen LogP contribution in [0.1, 0.15) is 14.9 Å². The second-order valence-corrected chi connectivity index (χ2v) is 8.67. The highest BCUT2D eigenvalue weighted by Crippen LogP contribution is 1.95. The van der Waals surface area contributed by atoms with Crippen LogP contribution in [0.2, 0.25) is 19.6 Å². The Kier molecular flexibility index (Phi) is 12.0. The van der Waals surface area contributed by atoms with Crippen LogP contribution in [0.3, 0.4) is 0 Å². The quantitative estimate of drug-likeness (QED) is 0.491. The molecule has 0 fully saturated rings. The molecule has 2 nitrogen and oxygen atoms in total. The van der Waals surface area contributed by atoms with Crippen molar-refractivity contribution in [2.75, 3.05) is 12.8 Å². The highest BCUT2D eigenvalue weighted by molar-refractivity contribution is 6.76. The van der Waals surface area contributed by atoms with Gasteiger partial charge in [0.25, 0.3) is 0 Å². The van der Waals surface area contributed by atoms with Crippen LogP contribution in [0.25, 0.3) is 0 Å². The molecule has 0 rings (SSSR count). The SMILES string of the molecule is C.C.C[Si](C)(C)CNCN. The summed E-state index contributed by atoms with van der Waals surface area (Å²) in [7, 11) is -0.869. The van der Waals surface area contributed by atoms with Gasteiger partial charge in [-0.3, -0.25) is 0 Å². The Bertz CT molecular complexity index is 59.1. The standard InChI is InChI=1S/C5H16N2Si.2CH4/c1-8(2,3)5-7-4-6;;/h7H,4-6H2,1-3H3;2*1H4. The molecule has 0 aliphatic carbocycles. The van der Waals surface area contributed by atoms with Gasteiger partial charge < -0.3 is 11.1 Å². The summed E-state index contributed by atoms with van der Waals surface area (Å²) in [6, 6.07) is 0. The van der Waals surface area contributed by atoms with Crippen molar-refractivity contribution in [2.45, 2.75) is 34.5 Å². The van der Waals surface area contributed by atoms with E-state index in [-0.39, 0.29) is 14.9 Å². The molecule has 0 aromatic heterocycles. The van der Waals surface area contributed by atoms with E-state index in [0.29, 0.717) is 6.67 Å². The van der Waals surface area contributed by atoms with Crippen molar-refractivity contribution in [3.63, 3.8) is 0 Å². The fourth-order valence-corrected chi connectivity index (χ4v) is 1.34. The van der Waals surface area contributed by atoms with Gasteiger partial charge in [0.05, 0.1) is 8.07 Å². The number of nitrogens with two attached hydrogens (primary N) is 1. The second kappa shape index (κ2) is 7.25. The molecule has 0 bridgehead atoms. The van der Waals surface area contributed by atoms with Crippen molar-refractivity contribution in [3.05, 3.63) is 0 Å². The largest absolute Gasteiger partial charge is 0.319 e. The molecule has 0 saturated heterocycles. The van der Waals surface area contributed by atoms with Crippen LogP contribution in [0.4, 0.5) is 0 Å². The summed E-state index contributed by atoms with van der Waals surface area (Å²) in [6.07, 6.45) is 1.13. The minimum Gasteiger partial charge on any atom is -0.319 e. The molecule has 0 radical (unpaired) electrons. The van der Waals surface area contributed by atoms with Crippen molar-refractivity contribution in [1.29, 1.82) is 0 Å². The fraction of sp³-hybridized carbons (Fsp3) is 1.00. The fourth-order valence-electron chi connectivity index (χ4n) is 0.447. The lowest BCUT2D eigenvalue weighted by Crippen LogP contribution is -2.39. The van der Waals surface area contributed by atoms with E-state index >= 15 is 0 Å². The third-order valence-electron chi connectivity index (χ3n) is 0.800. The molecule has 10 heavy (non-hydrogen) atoms. The van der Waals surface area contributed by atoms with Gasteiger partial charge in [-0.15, -0.1) is 0 Å². The van der Waals surface area contributed by atoms with Crippen molar-refractivity contribution in [1.82, 2.24) is 5.32 Å². The van der Waals surface area contributed by atoms with Gasteiger partial charge in [0.2, 0.25) is 0 Å². The van der Waals surface area contributed by atoms with Crippen molar-refractivity contribution < 1.29 is 0 Å². The zero-order valence-electron chi connectivity index (χ0n) is 5.99. The molecule has 0 heterocycles. The first-order valence-corrected chi connectivity index (χ1v) is 6.68. The Morgan fingerprint density at radius 2 is 1.60 bits per heavy atom. The topological polar surface area (TPSA) is 38.0 Å². The number of nitrogens with one attached hydrogen (secondary N) is 1. The van der Waals surface area contributed by atoms with Gasteiger partial charge in [0.1, 0.15) is 0 Å². The first-order chi connectivity index (χ1) is 3.56. The molecule has 0 aromatic carbocycles. The first kappa shape index (κ1) is 16.6. The Morgan fingerprint density at radius 1 is 1.20 bits per heavy atom. The Labute approximate surface area is 67.2 Å². The van der Waals surface area contributed by atoms with Gasteiger partial charge in [0.15, 0.2) is 0 Å². The zero-order valence-corrected chi connectivity index (χ0v) is 6.99. The van der Waals surface area contributed by atoms with E-state index in [4.69, 9.17) is 5.73 Å². The highest BCUT2D eigenvalue weighted by Gasteiger charge is 2.10. The van der Waals surface area contributed by atoms with Crippen LogP contribution in [0, 0.1) is 0 Å². The van der Waals surface area contributed by atoms with E-state index in [2.05, 4.69) is 25.0 Å². The van der Waals surface area contributed by atoms with Crippen LogP contribution in [-0.2, 0) is 0 Å². The molecule has 0 spiro atoms. The molecule has 66 valence electrons. The molecule has 0 aliphatic rings. The average Bonchev–Trinajstić information content (AvgIpc) is 1.59. The molecule has 0 amide bonds. The monoisotopic (exact) mass is 164 g/mol. The van der Waals surface area contributed by atoms with Gasteiger partial charge in [-0.25, -0.2) is 0 Å². The first-order valence-electron chi connectivity index (χ1n) is 2.97. The summed E-state index contributed by atoms with van der Waals surface area (Å²) in [5.41, 5.74) is 5.25. The maximum atomic E-state index is 5.25. The summed E-state index contributed by atoms with van der Waals surface area (Å²) in [5, 5.41) is 3.13. The van der Waals surface area contributed by atoms with Crippen LogP contribution >= 0.6 is 0 Å². The van der Waals surface area contributed by atoms with Gasteiger partial charge in [-0.05, 0) is 6.17 Å².